The highest BCUT2D eigenvalue weighted by Gasteiger charge is 2.25. The van der Waals surface area contributed by atoms with Crippen LogP contribution in [-0.4, -0.2) is 18.7 Å². The number of aromatic nitrogens is 1. The van der Waals surface area contributed by atoms with Gasteiger partial charge in [0, 0.05) is 18.9 Å². The summed E-state index contributed by atoms with van der Waals surface area (Å²) in [6, 6.07) is 10.7. The topological polar surface area (TPSA) is 19.4 Å². The molecule has 0 amide bonds. The minimum Gasteiger partial charge on any atom is -0.354 e. The number of anilines is 3. The van der Waals surface area contributed by atoms with Gasteiger partial charge in [-0.3, -0.25) is 0 Å². The quantitative estimate of drug-likeness (QED) is 0.761. The van der Waals surface area contributed by atoms with Crippen LogP contribution in [0.15, 0.2) is 36.5 Å². The van der Waals surface area contributed by atoms with Gasteiger partial charge in [0.1, 0.15) is 0 Å². The number of benzene rings is 1. The Bertz CT molecular complexity index is 592. The molecule has 0 aliphatic carbocycles. The molecule has 0 saturated carbocycles. The molecule has 0 N–H and O–H groups in total. The van der Waals surface area contributed by atoms with Gasteiger partial charge in [-0.1, -0.05) is 12.1 Å². The molecule has 3 nitrogen and oxygen atoms in total. The first kappa shape index (κ1) is 11.1. The van der Waals surface area contributed by atoms with Crippen molar-refractivity contribution in [3.63, 3.8) is 0 Å². The zero-order valence-electron chi connectivity index (χ0n) is 11.0. The van der Waals surface area contributed by atoms with Crippen molar-refractivity contribution in [3.05, 3.63) is 47.7 Å². The second kappa shape index (κ2) is 4.02. The number of hydrogen-bond donors (Lipinski definition) is 0. The van der Waals surface area contributed by atoms with Crippen LogP contribution in [0.4, 0.5) is 17.2 Å². The van der Waals surface area contributed by atoms with E-state index in [9.17, 15) is 0 Å². The summed E-state index contributed by atoms with van der Waals surface area (Å²) in [6.45, 7) is 5.05. The van der Waals surface area contributed by atoms with E-state index in [1.54, 1.807) is 0 Å². The highest BCUT2D eigenvalue weighted by molar-refractivity contribution is 5.79. The van der Waals surface area contributed by atoms with Crippen LogP contribution in [0.2, 0.25) is 0 Å². The van der Waals surface area contributed by atoms with Gasteiger partial charge in [0.25, 0.3) is 0 Å². The number of aryl methyl sites for hydroxylation is 2. The lowest BCUT2D eigenvalue weighted by Gasteiger charge is -2.18. The highest BCUT2D eigenvalue weighted by Crippen LogP contribution is 2.38. The highest BCUT2D eigenvalue weighted by atomic mass is 15.4. The third-order valence-corrected chi connectivity index (χ3v) is 3.32. The first-order chi connectivity index (χ1) is 8.65. The standard InChI is InChI=1S/C15H17N3/c1-11-5-4-6-13(7-11)18-10-17(3)14-8-12(2)9-16-15(14)18/h4-9H,10H2,1-3H3. The van der Waals surface area contributed by atoms with Crippen molar-refractivity contribution in [3.8, 4) is 0 Å². The molecule has 0 atom stereocenters. The van der Waals surface area contributed by atoms with E-state index in [2.05, 4.69) is 66.0 Å². The predicted octanol–water partition coefficient (Wildman–Crippen LogP) is 3.24. The molecule has 0 radical (unpaired) electrons. The number of pyridine rings is 1. The molecule has 0 unspecified atom stereocenters. The lowest BCUT2D eigenvalue weighted by atomic mass is 10.2. The van der Waals surface area contributed by atoms with Crippen LogP contribution in [0.5, 0.6) is 0 Å². The van der Waals surface area contributed by atoms with Crippen LogP contribution >= 0.6 is 0 Å². The zero-order valence-corrected chi connectivity index (χ0v) is 11.0. The van der Waals surface area contributed by atoms with Crippen molar-refractivity contribution in [2.24, 2.45) is 0 Å². The molecule has 1 aliphatic heterocycles. The number of rotatable bonds is 1. The van der Waals surface area contributed by atoms with Crippen molar-refractivity contribution in [1.82, 2.24) is 4.98 Å². The summed E-state index contributed by atoms with van der Waals surface area (Å²) in [7, 11) is 2.11. The smallest absolute Gasteiger partial charge is 0.158 e. The molecular weight excluding hydrogens is 222 g/mol. The molecule has 0 spiro atoms. The van der Waals surface area contributed by atoms with Crippen LogP contribution in [0.1, 0.15) is 11.1 Å². The molecule has 92 valence electrons. The molecule has 3 heteroatoms. The Balaban J connectivity index is 2.08. The first-order valence-electron chi connectivity index (χ1n) is 6.17. The maximum Gasteiger partial charge on any atom is 0.158 e. The Kier molecular flexibility index (Phi) is 2.47. The van der Waals surface area contributed by atoms with Crippen molar-refractivity contribution in [2.75, 3.05) is 23.5 Å². The average molecular weight is 239 g/mol. The van der Waals surface area contributed by atoms with Gasteiger partial charge in [-0.15, -0.1) is 0 Å². The van der Waals surface area contributed by atoms with E-state index >= 15 is 0 Å². The third-order valence-electron chi connectivity index (χ3n) is 3.32. The Morgan fingerprint density at radius 3 is 2.72 bits per heavy atom. The fourth-order valence-electron chi connectivity index (χ4n) is 2.39. The van der Waals surface area contributed by atoms with Crippen molar-refractivity contribution >= 4 is 17.2 Å². The lowest BCUT2D eigenvalue weighted by Crippen LogP contribution is -2.24. The molecule has 2 aromatic rings. The van der Waals surface area contributed by atoms with Gasteiger partial charge >= 0.3 is 0 Å². The second-order valence-corrected chi connectivity index (χ2v) is 4.96. The number of nitrogens with zero attached hydrogens (tertiary/aromatic N) is 3. The summed E-state index contributed by atoms with van der Waals surface area (Å²) < 4.78 is 0. The van der Waals surface area contributed by atoms with E-state index in [0.29, 0.717) is 0 Å². The van der Waals surface area contributed by atoms with Gasteiger partial charge in [0.15, 0.2) is 5.82 Å². The maximum atomic E-state index is 4.58. The molecule has 0 saturated heterocycles. The summed E-state index contributed by atoms with van der Waals surface area (Å²) in [6.07, 6.45) is 1.93. The SMILES string of the molecule is Cc1cccc(N2CN(C)c3cc(C)cnc32)c1. The van der Waals surface area contributed by atoms with Crippen molar-refractivity contribution < 1.29 is 0 Å². The van der Waals surface area contributed by atoms with Gasteiger partial charge in [0.05, 0.1) is 12.4 Å². The second-order valence-electron chi connectivity index (χ2n) is 4.96. The molecule has 1 aliphatic rings. The van der Waals surface area contributed by atoms with E-state index < -0.39 is 0 Å². The van der Waals surface area contributed by atoms with Crippen molar-refractivity contribution in [1.29, 1.82) is 0 Å². The fraction of sp³-hybridized carbons (Fsp3) is 0.267. The average Bonchev–Trinajstić information content (AvgIpc) is 2.67. The number of fused-ring (bicyclic) bond motifs is 1. The zero-order chi connectivity index (χ0) is 12.7. The lowest BCUT2D eigenvalue weighted by molar-refractivity contribution is 0.943. The van der Waals surface area contributed by atoms with Crippen LogP contribution in [0.25, 0.3) is 0 Å². The van der Waals surface area contributed by atoms with Crippen LogP contribution in [0, 0.1) is 13.8 Å². The molecular formula is C15H17N3. The summed E-state index contributed by atoms with van der Waals surface area (Å²) >= 11 is 0. The largest absolute Gasteiger partial charge is 0.354 e. The Hall–Kier alpha value is -2.03. The maximum absolute atomic E-state index is 4.58. The minimum absolute atomic E-state index is 0.856. The van der Waals surface area contributed by atoms with Gasteiger partial charge < -0.3 is 9.80 Å². The fourth-order valence-corrected chi connectivity index (χ4v) is 2.39. The molecule has 3 rings (SSSR count). The van der Waals surface area contributed by atoms with E-state index in [1.807, 2.05) is 6.20 Å². The Labute approximate surface area is 108 Å². The molecule has 18 heavy (non-hydrogen) atoms. The van der Waals surface area contributed by atoms with Crippen LogP contribution < -0.4 is 9.80 Å². The number of hydrogen-bond acceptors (Lipinski definition) is 3. The molecule has 0 fully saturated rings. The van der Waals surface area contributed by atoms with Gasteiger partial charge in [-0.05, 0) is 43.2 Å². The first-order valence-corrected chi connectivity index (χ1v) is 6.17. The summed E-state index contributed by atoms with van der Waals surface area (Å²) in [5.41, 5.74) is 4.89. The van der Waals surface area contributed by atoms with E-state index in [0.717, 1.165) is 12.5 Å². The summed E-state index contributed by atoms with van der Waals surface area (Å²) in [4.78, 5) is 9.07. The van der Waals surface area contributed by atoms with Gasteiger partial charge in [-0.2, -0.15) is 0 Å². The normalized spacial score (nSPS) is 13.9. The predicted molar refractivity (Wildman–Crippen MR) is 75.6 cm³/mol. The van der Waals surface area contributed by atoms with Crippen molar-refractivity contribution in [2.45, 2.75) is 13.8 Å². The third kappa shape index (κ3) is 1.72. The Morgan fingerprint density at radius 2 is 1.94 bits per heavy atom. The van der Waals surface area contributed by atoms with Gasteiger partial charge in [0.2, 0.25) is 0 Å². The molecule has 1 aromatic carbocycles. The van der Waals surface area contributed by atoms with Crippen LogP contribution in [-0.2, 0) is 0 Å². The van der Waals surface area contributed by atoms with E-state index in [4.69, 9.17) is 0 Å². The minimum atomic E-state index is 0.856. The van der Waals surface area contributed by atoms with E-state index in [1.165, 1.54) is 22.5 Å². The molecule has 2 heterocycles. The molecule has 0 bridgehead atoms. The molecule has 1 aromatic heterocycles. The van der Waals surface area contributed by atoms with E-state index in [-0.39, 0.29) is 0 Å². The Morgan fingerprint density at radius 1 is 1.11 bits per heavy atom. The summed E-state index contributed by atoms with van der Waals surface area (Å²) in [5.74, 6) is 1.05. The summed E-state index contributed by atoms with van der Waals surface area (Å²) in [5, 5.41) is 0. The monoisotopic (exact) mass is 239 g/mol. The van der Waals surface area contributed by atoms with Gasteiger partial charge in [-0.25, -0.2) is 4.98 Å². The van der Waals surface area contributed by atoms with Crippen LogP contribution in [0.3, 0.4) is 0 Å².